The topological polar surface area (TPSA) is 26.0 Å². The van der Waals surface area contributed by atoms with Gasteiger partial charge in [0.1, 0.15) is 0 Å². The van der Waals surface area contributed by atoms with Crippen LogP contribution in [-0.2, 0) is 5.54 Å². The van der Waals surface area contributed by atoms with E-state index in [-0.39, 0.29) is 5.54 Å². The Morgan fingerprint density at radius 3 is 2.00 bits per heavy atom. The Bertz CT molecular complexity index is 427. The Morgan fingerprint density at radius 2 is 1.50 bits per heavy atom. The predicted molar refractivity (Wildman–Crippen MR) is 78.5 cm³/mol. The number of aryl methyl sites for hydroxylation is 1. The summed E-state index contributed by atoms with van der Waals surface area (Å²) in [7, 11) is 0. The van der Waals surface area contributed by atoms with Crippen LogP contribution in [0.4, 0.5) is 0 Å². The Hall–Kier alpha value is -0.820. The zero-order valence-electron chi connectivity index (χ0n) is 12.5. The van der Waals surface area contributed by atoms with Gasteiger partial charge in [-0.25, -0.2) is 0 Å². The second-order valence-electron chi connectivity index (χ2n) is 7.88. The molecule has 100 valence electrons. The van der Waals surface area contributed by atoms with Gasteiger partial charge in [-0.15, -0.1) is 0 Å². The fourth-order valence-electron chi connectivity index (χ4n) is 4.35. The molecule has 1 heteroatoms. The van der Waals surface area contributed by atoms with Crippen molar-refractivity contribution in [1.29, 1.82) is 0 Å². The fraction of sp³-hybridized carbons (Fsp3) is 0.647. The van der Waals surface area contributed by atoms with Crippen molar-refractivity contribution in [2.24, 2.45) is 16.6 Å². The molecule has 0 spiro atoms. The van der Waals surface area contributed by atoms with Crippen molar-refractivity contribution >= 4 is 0 Å². The Labute approximate surface area is 112 Å². The fourth-order valence-corrected chi connectivity index (χ4v) is 4.35. The molecule has 1 saturated carbocycles. The number of rotatable bonds is 1. The van der Waals surface area contributed by atoms with E-state index in [4.69, 9.17) is 5.73 Å². The summed E-state index contributed by atoms with van der Waals surface area (Å²) in [6, 6.07) is 8.74. The van der Waals surface area contributed by atoms with Crippen molar-refractivity contribution in [3.63, 3.8) is 0 Å². The summed E-state index contributed by atoms with van der Waals surface area (Å²) in [6.07, 6.45) is 3.41. The standard InChI is InChI=1S/C17H27N/c1-13-7-6-8-14(9-13)17(18)11-15(2,3)10-16(4,5)12-17/h6-9H,10-12,18H2,1-5H3. The van der Waals surface area contributed by atoms with E-state index >= 15 is 0 Å². The second-order valence-corrected chi connectivity index (χ2v) is 7.88. The van der Waals surface area contributed by atoms with Crippen LogP contribution < -0.4 is 5.73 Å². The van der Waals surface area contributed by atoms with Crippen LogP contribution in [0.5, 0.6) is 0 Å². The maximum atomic E-state index is 6.80. The molecule has 1 nitrogen and oxygen atoms in total. The zero-order chi connectivity index (χ0) is 13.6. The van der Waals surface area contributed by atoms with Crippen LogP contribution in [0.2, 0.25) is 0 Å². The Balaban J connectivity index is 2.41. The highest BCUT2D eigenvalue weighted by molar-refractivity contribution is 5.30. The summed E-state index contributed by atoms with van der Waals surface area (Å²) >= 11 is 0. The van der Waals surface area contributed by atoms with Crippen molar-refractivity contribution in [3.05, 3.63) is 35.4 Å². The first-order valence-electron chi connectivity index (χ1n) is 6.98. The van der Waals surface area contributed by atoms with Gasteiger partial charge in [0.15, 0.2) is 0 Å². The average molecular weight is 245 g/mol. The lowest BCUT2D eigenvalue weighted by atomic mass is 9.57. The van der Waals surface area contributed by atoms with Gasteiger partial charge >= 0.3 is 0 Å². The van der Waals surface area contributed by atoms with E-state index in [9.17, 15) is 0 Å². The van der Waals surface area contributed by atoms with E-state index in [0.29, 0.717) is 10.8 Å². The molecule has 0 heterocycles. The first kappa shape index (κ1) is 13.6. The van der Waals surface area contributed by atoms with Gasteiger partial charge in [-0.1, -0.05) is 57.5 Å². The van der Waals surface area contributed by atoms with E-state index < -0.39 is 0 Å². The van der Waals surface area contributed by atoms with E-state index in [2.05, 4.69) is 58.9 Å². The van der Waals surface area contributed by atoms with Crippen LogP contribution in [0, 0.1) is 17.8 Å². The summed E-state index contributed by atoms with van der Waals surface area (Å²) in [5.41, 5.74) is 9.88. The van der Waals surface area contributed by atoms with Crippen LogP contribution >= 0.6 is 0 Å². The van der Waals surface area contributed by atoms with Crippen molar-refractivity contribution < 1.29 is 0 Å². The van der Waals surface area contributed by atoms with Crippen LogP contribution in [0.15, 0.2) is 24.3 Å². The molecule has 2 N–H and O–H groups in total. The smallest absolute Gasteiger partial charge is 0.0419 e. The largest absolute Gasteiger partial charge is 0.321 e. The van der Waals surface area contributed by atoms with Crippen LogP contribution in [0.25, 0.3) is 0 Å². The second kappa shape index (κ2) is 4.09. The summed E-state index contributed by atoms with van der Waals surface area (Å²) in [6.45, 7) is 11.6. The van der Waals surface area contributed by atoms with Crippen molar-refractivity contribution in [3.8, 4) is 0 Å². The SMILES string of the molecule is Cc1cccc(C2(N)CC(C)(C)CC(C)(C)C2)c1. The van der Waals surface area contributed by atoms with E-state index in [1.54, 1.807) is 0 Å². The van der Waals surface area contributed by atoms with Crippen LogP contribution in [0.3, 0.4) is 0 Å². The first-order chi connectivity index (χ1) is 8.12. The third-order valence-electron chi connectivity index (χ3n) is 4.14. The highest BCUT2D eigenvalue weighted by Gasteiger charge is 2.46. The highest BCUT2D eigenvalue weighted by Crippen LogP contribution is 2.52. The molecule has 0 unspecified atom stereocenters. The Morgan fingerprint density at radius 1 is 0.944 bits per heavy atom. The number of hydrogen-bond acceptors (Lipinski definition) is 1. The number of nitrogens with two attached hydrogens (primary N) is 1. The summed E-state index contributed by atoms with van der Waals surface area (Å²) in [5, 5.41) is 0. The zero-order valence-corrected chi connectivity index (χ0v) is 12.5. The van der Waals surface area contributed by atoms with Gasteiger partial charge in [-0.05, 0) is 42.6 Å². The highest BCUT2D eigenvalue weighted by atomic mass is 14.8. The lowest BCUT2D eigenvalue weighted by Gasteiger charge is -2.50. The molecule has 1 aliphatic rings. The molecule has 1 aromatic rings. The quantitative estimate of drug-likeness (QED) is 0.780. The maximum absolute atomic E-state index is 6.80. The van der Waals surface area contributed by atoms with Crippen LogP contribution in [-0.4, -0.2) is 0 Å². The molecule has 0 saturated heterocycles. The summed E-state index contributed by atoms with van der Waals surface area (Å²) in [5.74, 6) is 0. The minimum absolute atomic E-state index is 0.169. The molecule has 0 atom stereocenters. The van der Waals surface area contributed by atoms with E-state index in [1.165, 1.54) is 17.5 Å². The minimum Gasteiger partial charge on any atom is -0.321 e. The molecule has 2 rings (SSSR count). The first-order valence-corrected chi connectivity index (χ1v) is 6.98. The lowest BCUT2D eigenvalue weighted by Crippen LogP contribution is -2.49. The third-order valence-corrected chi connectivity index (χ3v) is 4.14. The number of benzene rings is 1. The van der Waals surface area contributed by atoms with E-state index in [0.717, 1.165) is 12.8 Å². The molecule has 0 bridgehead atoms. The predicted octanol–water partition coefficient (Wildman–Crippen LogP) is 4.39. The molecule has 1 aromatic carbocycles. The monoisotopic (exact) mass is 245 g/mol. The normalized spacial score (nSPS) is 24.8. The average Bonchev–Trinajstić information content (AvgIpc) is 2.11. The molecule has 18 heavy (non-hydrogen) atoms. The van der Waals surface area contributed by atoms with Crippen LogP contribution in [0.1, 0.15) is 58.1 Å². The molecule has 0 amide bonds. The van der Waals surface area contributed by atoms with Gasteiger partial charge < -0.3 is 5.73 Å². The van der Waals surface area contributed by atoms with Gasteiger partial charge in [-0.3, -0.25) is 0 Å². The van der Waals surface area contributed by atoms with E-state index in [1.807, 2.05) is 0 Å². The van der Waals surface area contributed by atoms with Gasteiger partial charge in [-0.2, -0.15) is 0 Å². The summed E-state index contributed by atoms with van der Waals surface area (Å²) < 4.78 is 0. The molecular formula is C17H27N. The minimum atomic E-state index is -0.169. The van der Waals surface area contributed by atoms with Gasteiger partial charge in [0.2, 0.25) is 0 Å². The number of hydrogen-bond donors (Lipinski definition) is 1. The maximum Gasteiger partial charge on any atom is 0.0419 e. The van der Waals surface area contributed by atoms with Crippen molar-refractivity contribution in [1.82, 2.24) is 0 Å². The van der Waals surface area contributed by atoms with Crippen molar-refractivity contribution in [2.75, 3.05) is 0 Å². The lowest BCUT2D eigenvalue weighted by molar-refractivity contribution is 0.0470. The van der Waals surface area contributed by atoms with Gasteiger partial charge in [0, 0.05) is 5.54 Å². The van der Waals surface area contributed by atoms with Gasteiger partial charge in [0.25, 0.3) is 0 Å². The molecule has 1 aliphatic carbocycles. The molecule has 1 fully saturated rings. The van der Waals surface area contributed by atoms with Crippen molar-refractivity contribution in [2.45, 2.75) is 59.4 Å². The molecule has 0 aliphatic heterocycles. The van der Waals surface area contributed by atoms with Gasteiger partial charge in [0.05, 0.1) is 0 Å². The molecular weight excluding hydrogens is 218 g/mol. The molecule has 0 radical (unpaired) electrons. The molecule has 0 aromatic heterocycles. The third kappa shape index (κ3) is 2.77. The summed E-state index contributed by atoms with van der Waals surface area (Å²) in [4.78, 5) is 0. The Kier molecular flexibility index (Phi) is 3.09.